The summed E-state index contributed by atoms with van der Waals surface area (Å²) in [5.41, 5.74) is 2.78. The van der Waals surface area contributed by atoms with Crippen LogP contribution in [0.4, 0.5) is 4.39 Å². The quantitative estimate of drug-likeness (QED) is 0.531. The summed E-state index contributed by atoms with van der Waals surface area (Å²) >= 11 is 11.8. The Balaban J connectivity index is 2.23. The van der Waals surface area contributed by atoms with Gasteiger partial charge < -0.3 is 4.42 Å². The zero-order valence-electron chi connectivity index (χ0n) is 10.3. The standard InChI is InChI=1S/C13H9Cl2FN2O2/c1-7(11-8(14)4-5-9(16)12(11)15)17-18-13(19)10-3-2-6-20-10/h2-6H,1H3,(H,18,19)/b17-7-. The molecule has 2 aromatic rings. The summed E-state index contributed by atoms with van der Waals surface area (Å²) in [6, 6.07) is 5.59. The number of rotatable bonds is 3. The fraction of sp³-hybridized carbons (Fsp3) is 0.0769. The molecule has 0 unspecified atom stereocenters. The monoisotopic (exact) mass is 314 g/mol. The van der Waals surface area contributed by atoms with Crippen LogP contribution in [0.1, 0.15) is 23.0 Å². The van der Waals surface area contributed by atoms with E-state index in [9.17, 15) is 9.18 Å². The second kappa shape index (κ2) is 6.07. The number of hydrazone groups is 1. The van der Waals surface area contributed by atoms with Gasteiger partial charge in [0.2, 0.25) is 0 Å². The minimum atomic E-state index is -0.613. The lowest BCUT2D eigenvalue weighted by Gasteiger charge is -2.07. The Labute approximate surface area is 124 Å². The van der Waals surface area contributed by atoms with Crippen LogP contribution < -0.4 is 5.43 Å². The van der Waals surface area contributed by atoms with E-state index in [-0.39, 0.29) is 27.1 Å². The summed E-state index contributed by atoms with van der Waals surface area (Å²) < 4.78 is 18.3. The number of nitrogens with one attached hydrogen (secondary N) is 1. The van der Waals surface area contributed by atoms with Gasteiger partial charge in [-0.05, 0) is 31.2 Å². The third-order valence-electron chi connectivity index (χ3n) is 2.48. The number of carbonyl (C=O) groups excluding carboxylic acids is 1. The predicted octanol–water partition coefficient (Wildman–Crippen LogP) is 3.88. The molecule has 7 heteroatoms. The van der Waals surface area contributed by atoms with E-state index in [1.165, 1.54) is 18.4 Å². The van der Waals surface area contributed by atoms with E-state index in [1.54, 1.807) is 13.0 Å². The second-order valence-electron chi connectivity index (χ2n) is 3.83. The molecule has 104 valence electrons. The molecule has 20 heavy (non-hydrogen) atoms. The summed E-state index contributed by atoms with van der Waals surface area (Å²) in [6.45, 7) is 1.55. The second-order valence-corrected chi connectivity index (χ2v) is 4.62. The van der Waals surface area contributed by atoms with Gasteiger partial charge in [0.15, 0.2) is 5.76 Å². The summed E-state index contributed by atoms with van der Waals surface area (Å²) in [4.78, 5) is 11.6. The van der Waals surface area contributed by atoms with Crippen LogP contribution in [0.5, 0.6) is 0 Å². The van der Waals surface area contributed by atoms with Gasteiger partial charge in [0, 0.05) is 5.56 Å². The van der Waals surface area contributed by atoms with Gasteiger partial charge in [-0.2, -0.15) is 5.10 Å². The first-order valence-electron chi connectivity index (χ1n) is 5.52. The molecule has 0 saturated carbocycles. The molecule has 0 bridgehead atoms. The first-order valence-corrected chi connectivity index (χ1v) is 6.28. The molecule has 0 atom stereocenters. The van der Waals surface area contributed by atoms with Crippen LogP contribution in [0.25, 0.3) is 0 Å². The van der Waals surface area contributed by atoms with Gasteiger partial charge in [-0.15, -0.1) is 0 Å². The molecular weight excluding hydrogens is 306 g/mol. The van der Waals surface area contributed by atoms with Crippen molar-refractivity contribution in [1.82, 2.24) is 5.43 Å². The fourth-order valence-electron chi connectivity index (χ4n) is 1.51. The van der Waals surface area contributed by atoms with Crippen molar-refractivity contribution in [3.05, 3.63) is 57.7 Å². The Morgan fingerprint density at radius 2 is 2.10 bits per heavy atom. The Morgan fingerprint density at radius 3 is 2.75 bits per heavy atom. The lowest BCUT2D eigenvalue weighted by atomic mass is 10.1. The maximum absolute atomic E-state index is 13.4. The van der Waals surface area contributed by atoms with Gasteiger partial charge in [-0.3, -0.25) is 4.79 Å². The minimum Gasteiger partial charge on any atom is -0.459 e. The van der Waals surface area contributed by atoms with Gasteiger partial charge in [0.05, 0.1) is 22.0 Å². The zero-order valence-corrected chi connectivity index (χ0v) is 11.8. The molecule has 1 amide bonds. The molecule has 0 fully saturated rings. The summed E-state index contributed by atoms with van der Waals surface area (Å²) in [5.74, 6) is -1.03. The first kappa shape index (κ1) is 14.6. The molecule has 0 aliphatic heterocycles. The number of hydrogen-bond acceptors (Lipinski definition) is 3. The van der Waals surface area contributed by atoms with Crippen molar-refractivity contribution >= 4 is 34.8 Å². The highest BCUT2D eigenvalue weighted by Crippen LogP contribution is 2.27. The molecule has 0 spiro atoms. The lowest BCUT2D eigenvalue weighted by Crippen LogP contribution is -2.19. The number of nitrogens with zero attached hydrogens (tertiary/aromatic N) is 1. The normalized spacial score (nSPS) is 11.5. The summed E-state index contributed by atoms with van der Waals surface area (Å²) in [6.07, 6.45) is 1.37. The Hall–Kier alpha value is -1.85. The van der Waals surface area contributed by atoms with Crippen molar-refractivity contribution < 1.29 is 13.6 Å². The smallest absolute Gasteiger partial charge is 0.307 e. The highest BCUT2D eigenvalue weighted by atomic mass is 35.5. The van der Waals surface area contributed by atoms with Crippen molar-refractivity contribution in [2.75, 3.05) is 0 Å². The number of hydrogen-bond donors (Lipinski definition) is 1. The highest BCUT2D eigenvalue weighted by molar-refractivity contribution is 6.40. The lowest BCUT2D eigenvalue weighted by molar-refractivity contribution is 0.0927. The topological polar surface area (TPSA) is 54.6 Å². The molecular formula is C13H9Cl2FN2O2. The van der Waals surface area contributed by atoms with Crippen molar-refractivity contribution in [1.29, 1.82) is 0 Å². The van der Waals surface area contributed by atoms with Crippen LogP contribution in [-0.4, -0.2) is 11.6 Å². The molecule has 2 rings (SSSR count). The molecule has 1 aromatic heterocycles. The number of carbonyl (C=O) groups is 1. The largest absolute Gasteiger partial charge is 0.459 e. The number of benzene rings is 1. The van der Waals surface area contributed by atoms with Crippen LogP contribution in [0.3, 0.4) is 0 Å². The van der Waals surface area contributed by atoms with Crippen LogP contribution in [-0.2, 0) is 0 Å². The molecule has 0 aliphatic carbocycles. The molecule has 1 heterocycles. The first-order chi connectivity index (χ1) is 9.50. The predicted molar refractivity (Wildman–Crippen MR) is 74.8 cm³/mol. The minimum absolute atomic E-state index is 0.109. The van der Waals surface area contributed by atoms with Gasteiger partial charge in [-0.25, -0.2) is 9.82 Å². The molecule has 0 saturated heterocycles. The van der Waals surface area contributed by atoms with Gasteiger partial charge in [-0.1, -0.05) is 23.2 Å². The Morgan fingerprint density at radius 1 is 1.35 bits per heavy atom. The average Bonchev–Trinajstić information content (AvgIpc) is 2.95. The number of halogens is 3. The van der Waals surface area contributed by atoms with Gasteiger partial charge in [0.1, 0.15) is 5.82 Å². The van der Waals surface area contributed by atoms with E-state index in [1.807, 2.05) is 0 Å². The van der Waals surface area contributed by atoms with E-state index in [0.29, 0.717) is 0 Å². The highest BCUT2D eigenvalue weighted by Gasteiger charge is 2.14. The van der Waals surface area contributed by atoms with Crippen molar-refractivity contribution in [2.45, 2.75) is 6.92 Å². The summed E-state index contributed by atoms with van der Waals surface area (Å²) in [7, 11) is 0. The Kier molecular flexibility index (Phi) is 4.42. The van der Waals surface area contributed by atoms with E-state index >= 15 is 0 Å². The van der Waals surface area contributed by atoms with Gasteiger partial charge >= 0.3 is 5.91 Å². The maximum atomic E-state index is 13.4. The van der Waals surface area contributed by atoms with E-state index in [2.05, 4.69) is 10.5 Å². The third-order valence-corrected chi connectivity index (χ3v) is 3.16. The molecule has 4 nitrogen and oxygen atoms in total. The van der Waals surface area contributed by atoms with Crippen molar-refractivity contribution in [3.8, 4) is 0 Å². The average molecular weight is 315 g/mol. The van der Waals surface area contributed by atoms with E-state index < -0.39 is 11.7 Å². The molecule has 1 aromatic carbocycles. The fourth-order valence-corrected chi connectivity index (χ4v) is 2.16. The van der Waals surface area contributed by atoms with E-state index in [4.69, 9.17) is 27.6 Å². The van der Waals surface area contributed by atoms with Crippen molar-refractivity contribution in [3.63, 3.8) is 0 Å². The number of amides is 1. The van der Waals surface area contributed by atoms with Crippen molar-refractivity contribution in [2.24, 2.45) is 5.10 Å². The SMILES string of the molecule is C/C(=N/NC(=O)c1ccco1)c1c(Cl)ccc(F)c1Cl. The Bertz CT molecular complexity index is 669. The molecule has 0 aliphatic rings. The van der Waals surface area contributed by atoms with E-state index in [0.717, 1.165) is 6.07 Å². The molecule has 0 radical (unpaired) electrons. The zero-order chi connectivity index (χ0) is 14.7. The van der Waals surface area contributed by atoms with Crippen LogP contribution in [0.2, 0.25) is 10.0 Å². The third kappa shape index (κ3) is 3.00. The van der Waals surface area contributed by atoms with Gasteiger partial charge in [0.25, 0.3) is 0 Å². The van der Waals surface area contributed by atoms with Crippen LogP contribution in [0, 0.1) is 5.82 Å². The summed E-state index contributed by atoms with van der Waals surface area (Å²) in [5, 5.41) is 3.93. The molecule has 1 N–H and O–H groups in total. The van der Waals surface area contributed by atoms with Crippen LogP contribution >= 0.6 is 23.2 Å². The van der Waals surface area contributed by atoms with Crippen LogP contribution in [0.15, 0.2) is 40.0 Å². The maximum Gasteiger partial charge on any atom is 0.307 e. The number of furan rings is 1.